The van der Waals surface area contributed by atoms with Gasteiger partial charge in [0.15, 0.2) is 5.76 Å². The average molecular weight is 982 g/mol. The Labute approximate surface area is 407 Å². The van der Waals surface area contributed by atoms with Gasteiger partial charge in [-0.1, -0.05) is 30.1 Å². The first-order valence-electron chi connectivity index (χ1n) is 21.7. The highest BCUT2D eigenvalue weighted by Crippen LogP contribution is 2.46. The summed E-state index contributed by atoms with van der Waals surface area (Å²) < 4.78 is 6.67. The average Bonchev–Trinajstić information content (AvgIpc) is 3.50. The van der Waals surface area contributed by atoms with Crippen LogP contribution < -0.4 is 21.3 Å². The molecule has 9 nitrogen and oxygen atoms in total. The molecule has 1 saturated carbocycles. The van der Waals surface area contributed by atoms with Crippen molar-refractivity contribution >= 4 is 110 Å². The fraction of sp³-hybridized carbons (Fsp3) is 0.320. The van der Waals surface area contributed by atoms with Gasteiger partial charge in [0.1, 0.15) is 18.1 Å². The molecule has 1 fully saturated rings. The van der Waals surface area contributed by atoms with Gasteiger partial charge < -0.3 is 25.7 Å². The molecule has 4 atom stereocenters. The van der Waals surface area contributed by atoms with Crippen molar-refractivity contribution < 1.29 is 4.42 Å². The third kappa shape index (κ3) is 10.8. The van der Waals surface area contributed by atoms with E-state index in [-0.39, 0.29) is 24.2 Å². The molecule has 338 valence electrons. The van der Waals surface area contributed by atoms with Gasteiger partial charge in [-0.05, 0) is 143 Å². The van der Waals surface area contributed by atoms with E-state index in [0.29, 0.717) is 10.0 Å². The van der Waals surface area contributed by atoms with Crippen molar-refractivity contribution in [2.45, 2.75) is 98.8 Å². The number of thiophene rings is 4. The van der Waals surface area contributed by atoms with Crippen LogP contribution >= 0.6 is 68.5 Å². The number of benzene rings is 1. The molecular formula is C50H54Cl2N8OS4. The molecule has 5 aromatic heterocycles. The number of nitrogens with one attached hydrogen (secondary N) is 4. The van der Waals surface area contributed by atoms with Gasteiger partial charge in [-0.2, -0.15) is 0 Å². The van der Waals surface area contributed by atoms with Crippen molar-refractivity contribution in [3.8, 4) is 0 Å². The lowest BCUT2D eigenvalue weighted by molar-refractivity contribution is 0.491. The molecule has 4 N–H and O–H groups in total. The normalized spacial score (nSPS) is 20.1. The number of nitrogens with zero attached hydrogens (tertiary/aromatic N) is 4. The molecule has 0 radical (unpaired) electrons. The molecule has 4 aliphatic heterocycles. The van der Waals surface area contributed by atoms with E-state index in [1.54, 1.807) is 48.0 Å². The van der Waals surface area contributed by atoms with Crippen molar-refractivity contribution in [1.82, 2.24) is 16.0 Å². The molecular weight excluding hydrogens is 928 g/mol. The summed E-state index contributed by atoms with van der Waals surface area (Å²) in [4.78, 5) is 27.5. The van der Waals surface area contributed by atoms with Crippen LogP contribution in [-0.2, 0) is 0 Å². The third-order valence-electron chi connectivity index (χ3n) is 11.7. The summed E-state index contributed by atoms with van der Waals surface area (Å²) in [5.41, 5.74) is 9.07. The van der Waals surface area contributed by atoms with Crippen molar-refractivity contribution in [3.63, 3.8) is 0 Å². The third-order valence-corrected chi connectivity index (χ3v) is 16.4. The van der Waals surface area contributed by atoms with Gasteiger partial charge in [-0.25, -0.2) is 0 Å². The maximum Gasteiger partial charge on any atom is 0.156 e. The lowest BCUT2D eigenvalue weighted by Gasteiger charge is -2.19. The summed E-state index contributed by atoms with van der Waals surface area (Å²) in [7, 11) is 0. The van der Waals surface area contributed by atoms with E-state index in [2.05, 4.69) is 127 Å². The highest BCUT2D eigenvalue weighted by atomic mass is 35.5. The Morgan fingerprint density at radius 3 is 1.83 bits per heavy atom. The van der Waals surface area contributed by atoms with Gasteiger partial charge in [-0.3, -0.25) is 20.0 Å². The number of hydrogen-bond acceptors (Lipinski definition) is 13. The second-order valence-corrected chi connectivity index (χ2v) is 22.9. The van der Waals surface area contributed by atoms with E-state index in [9.17, 15) is 0 Å². The maximum absolute atomic E-state index is 6.11. The Kier molecular flexibility index (Phi) is 15.0. The number of anilines is 1. The summed E-state index contributed by atoms with van der Waals surface area (Å²) in [6, 6.07) is 13.1. The molecule has 4 unspecified atom stereocenters. The number of aliphatic imine (C=N–C) groups is 4. The molecule has 0 bridgehead atoms. The second kappa shape index (κ2) is 20.8. The minimum Gasteiger partial charge on any atom is -0.464 e. The molecule has 6 aromatic rings. The highest BCUT2D eigenvalue weighted by Gasteiger charge is 2.33. The minimum atomic E-state index is 0.0104. The first-order valence-corrected chi connectivity index (χ1v) is 25.7. The monoisotopic (exact) mass is 980 g/mol. The zero-order valence-corrected chi connectivity index (χ0v) is 42.5. The van der Waals surface area contributed by atoms with Crippen LogP contribution in [0.5, 0.6) is 0 Å². The molecule has 0 saturated heterocycles. The summed E-state index contributed by atoms with van der Waals surface area (Å²) in [5.74, 6) is 1.68. The Morgan fingerprint density at radius 1 is 0.646 bits per heavy atom. The van der Waals surface area contributed by atoms with Crippen LogP contribution in [0.1, 0.15) is 113 Å². The van der Waals surface area contributed by atoms with Crippen LogP contribution in [0, 0.1) is 54.4 Å². The summed E-state index contributed by atoms with van der Waals surface area (Å²) >= 11 is 19.4. The largest absolute Gasteiger partial charge is 0.464 e. The summed E-state index contributed by atoms with van der Waals surface area (Å²) in [6.45, 7) is 17.2. The van der Waals surface area contributed by atoms with Crippen molar-refractivity contribution in [3.05, 3.63) is 151 Å². The van der Waals surface area contributed by atoms with Gasteiger partial charge in [0, 0.05) is 69.1 Å². The van der Waals surface area contributed by atoms with Crippen molar-refractivity contribution in [2.75, 3.05) is 5.32 Å². The molecule has 65 heavy (non-hydrogen) atoms. The van der Waals surface area contributed by atoms with E-state index in [0.717, 1.165) is 33.9 Å². The smallest absolute Gasteiger partial charge is 0.156 e. The molecule has 15 heteroatoms. The fourth-order valence-corrected chi connectivity index (χ4v) is 12.9. The van der Waals surface area contributed by atoms with Crippen LogP contribution in [0.3, 0.4) is 0 Å². The number of rotatable bonds is 6. The van der Waals surface area contributed by atoms with E-state index in [1.807, 2.05) is 59.5 Å². The van der Waals surface area contributed by atoms with Crippen LogP contribution in [-0.4, -0.2) is 25.4 Å². The summed E-state index contributed by atoms with van der Waals surface area (Å²) in [5, 5.41) is 14.6. The topological polar surface area (TPSA) is 111 Å². The molecule has 1 aliphatic carbocycles. The van der Waals surface area contributed by atoms with E-state index >= 15 is 0 Å². The first-order chi connectivity index (χ1) is 31.4. The zero-order chi connectivity index (χ0) is 45.8. The lowest BCUT2D eigenvalue weighted by Crippen LogP contribution is -2.15. The quantitative estimate of drug-likeness (QED) is 0.133. The zero-order valence-electron chi connectivity index (χ0n) is 37.8. The molecule has 0 spiro atoms. The Balaban J connectivity index is 0.000000118. The number of fused-ring (bicyclic) bond motifs is 2. The molecule has 9 heterocycles. The van der Waals surface area contributed by atoms with Gasteiger partial charge in [-0.15, -0.1) is 45.3 Å². The highest BCUT2D eigenvalue weighted by molar-refractivity contribution is 7.19. The van der Waals surface area contributed by atoms with Crippen LogP contribution in [0.4, 0.5) is 5.69 Å². The van der Waals surface area contributed by atoms with E-state index < -0.39 is 0 Å². The standard InChI is InChI=1S/C13H10Cl2N2S.C13H16N2S.C12H12N2OS.C12H16N2S/c1-7-13(11-2-3-16-6-17-11)8-4-9(14)10(15)5-12(8)18-7;1-8-5-11(9(2)16-8)13-12(10-3-4-10)6-14-7-15-13;1-7-5-9(8(2)16-7)11-12-10(3-4-15-12)13-6-14-11;1-4-10-6-13-7-14-12(10)11-5-8(2)15-9(11)3/h2-6,11H,1H3,(H,16,17);5-7,10,13H,3-4H2,1-2H3,(H,14,15);3-6,11H,1-2H3,(H,13,14);5-7,12H,4H2,1-3H3,(H,13,14). The van der Waals surface area contributed by atoms with Crippen molar-refractivity contribution in [1.29, 1.82) is 0 Å². The minimum absolute atomic E-state index is 0.0104. The van der Waals surface area contributed by atoms with Gasteiger partial charge in [0.05, 0.1) is 53.4 Å². The predicted octanol–water partition coefficient (Wildman–Crippen LogP) is 14.9. The second-order valence-electron chi connectivity index (χ2n) is 16.4. The maximum atomic E-state index is 6.11. The number of furan rings is 1. The van der Waals surface area contributed by atoms with E-state index in [1.165, 1.54) is 80.4 Å². The van der Waals surface area contributed by atoms with Crippen molar-refractivity contribution in [2.24, 2.45) is 25.9 Å². The lowest BCUT2D eigenvalue weighted by atomic mass is 9.96. The SMILES string of the molecule is CCC1=CNC=NC1c1cc(C)sc1C.Cc1cc(C2N=CNC=C2C2CC2)c(C)s1.Cc1cc(C2N=CNc3ccoc32)c(C)s1.Cc1sc2cc(Cl)c(Cl)cc2c1C1C=CNC=N1. The Hall–Kier alpha value is -4.76. The molecule has 5 aliphatic rings. The van der Waals surface area contributed by atoms with Gasteiger partial charge in [0.2, 0.25) is 0 Å². The summed E-state index contributed by atoms with van der Waals surface area (Å²) in [6.07, 6.45) is 20.7. The Morgan fingerprint density at radius 2 is 1.23 bits per heavy atom. The van der Waals surface area contributed by atoms with Gasteiger partial charge in [0.25, 0.3) is 0 Å². The molecule has 1 aromatic carbocycles. The van der Waals surface area contributed by atoms with E-state index in [4.69, 9.17) is 27.6 Å². The van der Waals surface area contributed by atoms with Crippen LogP contribution in [0.15, 0.2) is 103 Å². The van der Waals surface area contributed by atoms with Crippen LogP contribution in [0.2, 0.25) is 10.0 Å². The molecule has 11 rings (SSSR count). The van der Waals surface area contributed by atoms with Gasteiger partial charge >= 0.3 is 0 Å². The number of aryl methyl sites for hydroxylation is 7. The number of halogens is 2. The number of hydrogen-bond donors (Lipinski definition) is 4. The van der Waals surface area contributed by atoms with Crippen LogP contribution in [0.25, 0.3) is 10.1 Å². The molecule has 0 amide bonds. The first kappa shape index (κ1) is 46.8. The predicted molar refractivity (Wildman–Crippen MR) is 282 cm³/mol. The Bertz CT molecular complexity index is 2870. The fourth-order valence-electron chi connectivity index (χ4n) is 8.47.